The first-order valence-electron chi connectivity index (χ1n) is 8.59. The molecule has 0 aliphatic rings. The van der Waals surface area contributed by atoms with Crippen LogP contribution in [0.1, 0.15) is 71.1 Å². The Kier molecular flexibility index (Phi) is 16.2. The highest BCUT2D eigenvalue weighted by Crippen LogP contribution is 2.01. The van der Waals surface area contributed by atoms with Crippen molar-refractivity contribution < 1.29 is 9.90 Å². The van der Waals surface area contributed by atoms with Gasteiger partial charge < -0.3 is 5.11 Å². The van der Waals surface area contributed by atoms with E-state index >= 15 is 0 Å². The second-order valence-electron chi connectivity index (χ2n) is 5.37. The molecule has 0 aromatic rings. The minimum Gasteiger partial charge on any atom is -0.481 e. The maximum absolute atomic E-state index is 10.3. The molecule has 0 heterocycles. The number of hydrogen-bond donors (Lipinski definition) is 1. The Balaban J connectivity index is 3.40. The third kappa shape index (κ3) is 18.4. The largest absolute Gasteiger partial charge is 0.481 e. The predicted molar refractivity (Wildman–Crippen MR) is 96.0 cm³/mol. The molecule has 124 valence electrons. The number of carbonyl (C=O) groups is 1. The van der Waals surface area contributed by atoms with Gasteiger partial charge in [0.25, 0.3) is 0 Å². The number of rotatable bonds is 14. The van der Waals surface area contributed by atoms with E-state index in [0.717, 1.165) is 32.1 Å². The monoisotopic (exact) mass is 304 g/mol. The van der Waals surface area contributed by atoms with Crippen LogP contribution < -0.4 is 0 Å². The summed E-state index contributed by atoms with van der Waals surface area (Å²) in [5.41, 5.74) is 0. The molecule has 22 heavy (non-hydrogen) atoms. The van der Waals surface area contributed by atoms with Gasteiger partial charge >= 0.3 is 5.97 Å². The van der Waals surface area contributed by atoms with E-state index in [1.165, 1.54) is 25.7 Å². The van der Waals surface area contributed by atoms with Crippen molar-refractivity contribution >= 4 is 5.97 Å². The van der Waals surface area contributed by atoms with Crippen molar-refractivity contribution in [2.24, 2.45) is 0 Å². The first-order valence-corrected chi connectivity index (χ1v) is 8.59. The zero-order chi connectivity index (χ0) is 16.3. The van der Waals surface area contributed by atoms with Crippen LogP contribution >= 0.6 is 0 Å². The van der Waals surface area contributed by atoms with Crippen molar-refractivity contribution in [3.8, 4) is 0 Å². The van der Waals surface area contributed by atoms with Crippen LogP contribution in [0.4, 0.5) is 0 Å². The SMILES string of the molecule is CCCCCC=CCC=CCC=CC/C=C\CCCC(=O)O. The van der Waals surface area contributed by atoms with E-state index in [2.05, 4.69) is 55.5 Å². The van der Waals surface area contributed by atoms with E-state index in [9.17, 15) is 4.79 Å². The summed E-state index contributed by atoms with van der Waals surface area (Å²) in [6, 6.07) is 0. The summed E-state index contributed by atoms with van der Waals surface area (Å²) in [7, 11) is 0. The van der Waals surface area contributed by atoms with Gasteiger partial charge in [0.15, 0.2) is 0 Å². The van der Waals surface area contributed by atoms with Crippen molar-refractivity contribution in [3.05, 3.63) is 48.6 Å². The van der Waals surface area contributed by atoms with Crippen LogP contribution in [0.2, 0.25) is 0 Å². The third-order valence-electron chi connectivity index (χ3n) is 3.22. The van der Waals surface area contributed by atoms with Gasteiger partial charge in [0.05, 0.1) is 0 Å². The van der Waals surface area contributed by atoms with E-state index < -0.39 is 5.97 Å². The van der Waals surface area contributed by atoms with Crippen molar-refractivity contribution in [3.63, 3.8) is 0 Å². The molecule has 0 aromatic carbocycles. The summed E-state index contributed by atoms with van der Waals surface area (Å²) in [6.07, 6.45) is 27.3. The Bertz CT molecular complexity index is 362. The summed E-state index contributed by atoms with van der Waals surface area (Å²) in [5.74, 6) is -0.712. The van der Waals surface area contributed by atoms with Crippen LogP contribution in [0, 0.1) is 0 Å². The fraction of sp³-hybridized carbons (Fsp3) is 0.550. The molecule has 0 aliphatic heterocycles. The highest BCUT2D eigenvalue weighted by Gasteiger charge is 1.92. The fourth-order valence-corrected chi connectivity index (χ4v) is 1.93. The van der Waals surface area contributed by atoms with Crippen LogP contribution in [-0.4, -0.2) is 11.1 Å². The summed E-state index contributed by atoms with van der Waals surface area (Å²) in [6.45, 7) is 2.23. The highest BCUT2D eigenvalue weighted by molar-refractivity contribution is 5.66. The number of unbranched alkanes of at least 4 members (excludes halogenated alkanes) is 4. The van der Waals surface area contributed by atoms with Gasteiger partial charge in [0, 0.05) is 6.42 Å². The smallest absolute Gasteiger partial charge is 0.303 e. The predicted octanol–water partition coefficient (Wildman–Crippen LogP) is 6.22. The van der Waals surface area contributed by atoms with E-state index in [4.69, 9.17) is 5.11 Å². The summed E-state index contributed by atoms with van der Waals surface area (Å²) < 4.78 is 0. The molecule has 0 saturated heterocycles. The lowest BCUT2D eigenvalue weighted by atomic mass is 10.2. The van der Waals surface area contributed by atoms with Crippen LogP contribution in [0.3, 0.4) is 0 Å². The summed E-state index contributed by atoms with van der Waals surface area (Å²) in [4.78, 5) is 10.3. The molecule has 0 fully saturated rings. The molecule has 2 heteroatoms. The molecule has 0 aliphatic carbocycles. The molecule has 0 radical (unpaired) electrons. The maximum atomic E-state index is 10.3. The van der Waals surface area contributed by atoms with E-state index in [-0.39, 0.29) is 6.42 Å². The Morgan fingerprint density at radius 3 is 1.64 bits per heavy atom. The van der Waals surface area contributed by atoms with Gasteiger partial charge in [-0.2, -0.15) is 0 Å². The zero-order valence-corrected chi connectivity index (χ0v) is 14.0. The first-order chi connectivity index (χ1) is 10.8. The second-order valence-corrected chi connectivity index (χ2v) is 5.37. The Hall–Kier alpha value is -1.57. The van der Waals surface area contributed by atoms with Crippen molar-refractivity contribution in [1.82, 2.24) is 0 Å². The number of allylic oxidation sites excluding steroid dienone is 8. The third-order valence-corrected chi connectivity index (χ3v) is 3.22. The van der Waals surface area contributed by atoms with E-state index in [1.54, 1.807) is 0 Å². The molecule has 0 aromatic heterocycles. The lowest BCUT2D eigenvalue weighted by Gasteiger charge is -1.90. The van der Waals surface area contributed by atoms with Gasteiger partial charge in [-0.25, -0.2) is 0 Å². The molecule has 0 saturated carbocycles. The van der Waals surface area contributed by atoms with Gasteiger partial charge in [0.1, 0.15) is 0 Å². The molecule has 0 unspecified atom stereocenters. The molecule has 0 atom stereocenters. The fourth-order valence-electron chi connectivity index (χ4n) is 1.93. The standard InChI is InChI=1S/C20H32O2/c1-2-3-4-5-6-7-8-9-10-11-12-13-14-15-16-17-18-19-20(21)22/h6-7,9-10,12-13,15-16H,2-5,8,11,14,17-19H2,1H3,(H,21,22)/b7-6?,10-9?,13-12?,16-15-. The number of carboxylic acids is 1. The van der Waals surface area contributed by atoms with Crippen LogP contribution in [0.5, 0.6) is 0 Å². The molecule has 0 rings (SSSR count). The molecule has 0 bridgehead atoms. The lowest BCUT2D eigenvalue weighted by Crippen LogP contribution is -1.92. The minimum atomic E-state index is -0.712. The first kappa shape index (κ1) is 20.4. The van der Waals surface area contributed by atoms with Gasteiger partial charge in [0.2, 0.25) is 0 Å². The lowest BCUT2D eigenvalue weighted by molar-refractivity contribution is -0.137. The van der Waals surface area contributed by atoms with Crippen LogP contribution in [0.25, 0.3) is 0 Å². The zero-order valence-electron chi connectivity index (χ0n) is 14.0. The number of aliphatic carboxylic acids is 1. The number of hydrogen-bond acceptors (Lipinski definition) is 1. The minimum absolute atomic E-state index is 0.262. The van der Waals surface area contributed by atoms with Gasteiger partial charge in [-0.05, 0) is 44.9 Å². The highest BCUT2D eigenvalue weighted by atomic mass is 16.4. The summed E-state index contributed by atoms with van der Waals surface area (Å²) >= 11 is 0. The second kappa shape index (κ2) is 17.5. The molecular formula is C20H32O2. The summed E-state index contributed by atoms with van der Waals surface area (Å²) in [5, 5.41) is 8.49. The number of carboxylic acid groups (broad SMARTS) is 1. The Labute approximate surface area is 136 Å². The van der Waals surface area contributed by atoms with Gasteiger partial charge in [-0.3, -0.25) is 4.79 Å². The Morgan fingerprint density at radius 1 is 0.727 bits per heavy atom. The molecule has 0 spiro atoms. The van der Waals surface area contributed by atoms with Crippen LogP contribution in [-0.2, 0) is 4.79 Å². The molecule has 0 amide bonds. The molecular weight excluding hydrogens is 272 g/mol. The van der Waals surface area contributed by atoms with Crippen molar-refractivity contribution in [2.75, 3.05) is 0 Å². The molecule has 2 nitrogen and oxygen atoms in total. The topological polar surface area (TPSA) is 37.3 Å². The van der Waals surface area contributed by atoms with Gasteiger partial charge in [-0.1, -0.05) is 68.4 Å². The quantitative estimate of drug-likeness (QED) is 0.305. The van der Waals surface area contributed by atoms with E-state index in [0.29, 0.717) is 0 Å². The van der Waals surface area contributed by atoms with E-state index in [1.807, 2.05) is 0 Å². The molecule has 1 N–H and O–H groups in total. The average molecular weight is 304 g/mol. The van der Waals surface area contributed by atoms with Crippen molar-refractivity contribution in [1.29, 1.82) is 0 Å². The van der Waals surface area contributed by atoms with Crippen molar-refractivity contribution in [2.45, 2.75) is 71.1 Å². The van der Waals surface area contributed by atoms with Crippen LogP contribution in [0.15, 0.2) is 48.6 Å². The average Bonchev–Trinajstić information content (AvgIpc) is 2.50. The normalized spacial score (nSPS) is 12.4. The Morgan fingerprint density at radius 2 is 1.18 bits per heavy atom. The van der Waals surface area contributed by atoms with Gasteiger partial charge in [-0.15, -0.1) is 0 Å². The maximum Gasteiger partial charge on any atom is 0.303 e.